The monoisotopic (exact) mass is 394 g/mol. The molecule has 9 heteroatoms. The van der Waals surface area contributed by atoms with Gasteiger partial charge in [0.25, 0.3) is 5.91 Å². The lowest BCUT2D eigenvalue weighted by Crippen LogP contribution is -2.46. The highest BCUT2D eigenvalue weighted by atomic mass is 32.2. The lowest BCUT2D eigenvalue weighted by atomic mass is 9.96. The molecular weight excluding hydrogens is 368 g/mol. The topological polar surface area (TPSA) is 113 Å². The van der Waals surface area contributed by atoms with Crippen LogP contribution in [-0.4, -0.2) is 64.1 Å². The van der Waals surface area contributed by atoms with Crippen LogP contribution in [0, 0.1) is 5.92 Å². The van der Waals surface area contributed by atoms with E-state index in [1.54, 1.807) is 23.1 Å². The van der Waals surface area contributed by atoms with Crippen molar-refractivity contribution in [2.24, 2.45) is 11.7 Å². The Kier molecular flexibility index (Phi) is 5.71. The Morgan fingerprint density at radius 2 is 2.07 bits per heavy atom. The second kappa shape index (κ2) is 7.85. The number of amides is 2. The molecule has 0 saturated carbocycles. The number of hydrogen-bond donors (Lipinski definition) is 2. The van der Waals surface area contributed by atoms with Gasteiger partial charge in [0, 0.05) is 38.3 Å². The van der Waals surface area contributed by atoms with E-state index >= 15 is 0 Å². The molecule has 0 aromatic heterocycles. The molecule has 8 nitrogen and oxygen atoms in total. The van der Waals surface area contributed by atoms with E-state index in [0.29, 0.717) is 50.4 Å². The summed E-state index contributed by atoms with van der Waals surface area (Å²) in [5.74, 6) is -0.396. The zero-order valence-electron chi connectivity index (χ0n) is 15.5. The van der Waals surface area contributed by atoms with Crippen LogP contribution >= 0.6 is 0 Å². The van der Waals surface area contributed by atoms with Crippen molar-refractivity contribution >= 4 is 27.5 Å². The van der Waals surface area contributed by atoms with Crippen molar-refractivity contribution in [2.45, 2.75) is 19.3 Å². The molecule has 1 unspecified atom stereocenters. The molecule has 1 saturated heterocycles. The summed E-state index contributed by atoms with van der Waals surface area (Å²) in [7, 11) is -3.31. The van der Waals surface area contributed by atoms with E-state index in [2.05, 4.69) is 5.32 Å². The minimum absolute atomic E-state index is 0.0595. The minimum Gasteiger partial charge on any atom is -0.355 e. The number of fused-ring (bicyclic) bond motifs is 1. The maximum Gasteiger partial charge on any atom is 0.253 e. The summed E-state index contributed by atoms with van der Waals surface area (Å²) < 4.78 is 25.1. The van der Waals surface area contributed by atoms with Crippen LogP contribution in [-0.2, 0) is 21.2 Å². The highest BCUT2D eigenvalue weighted by molar-refractivity contribution is 7.92. The average molecular weight is 394 g/mol. The van der Waals surface area contributed by atoms with Gasteiger partial charge < -0.3 is 16.0 Å². The van der Waals surface area contributed by atoms with Gasteiger partial charge >= 0.3 is 0 Å². The van der Waals surface area contributed by atoms with Crippen molar-refractivity contribution in [1.29, 1.82) is 0 Å². The first-order chi connectivity index (χ1) is 12.8. The van der Waals surface area contributed by atoms with E-state index in [4.69, 9.17) is 5.73 Å². The molecule has 0 radical (unpaired) electrons. The molecule has 27 heavy (non-hydrogen) atoms. The molecule has 1 aromatic carbocycles. The molecule has 1 fully saturated rings. The fourth-order valence-corrected chi connectivity index (χ4v) is 4.71. The van der Waals surface area contributed by atoms with Gasteiger partial charge in [0.15, 0.2) is 0 Å². The molecule has 148 valence electrons. The van der Waals surface area contributed by atoms with Crippen LogP contribution in [0.5, 0.6) is 0 Å². The Bertz CT molecular complexity index is 840. The summed E-state index contributed by atoms with van der Waals surface area (Å²) in [4.78, 5) is 26.8. The van der Waals surface area contributed by atoms with E-state index < -0.39 is 10.0 Å². The van der Waals surface area contributed by atoms with Crippen LogP contribution in [0.15, 0.2) is 18.2 Å². The first-order valence-corrected chi connectivity index (χ1v) is 11.0. The molecule has 2 aliphatic heterocycles. The van der Waals surface area contributed by atoms with Crippen molar-refractivity contribution < 1.29 is 18.0 Å². The maximum absolute atomic E-state index is 12.9. The van der Waals surface area contributed by atoms with Crippen molar-refractivity contribution in [3.8, 4) is 0 Å². The number of nitrogens with zero attached hydrogens (tertiary/aromatic N) is 2. The van der Waals surface area contributed by atoms with Crippen LogP contribution in [0.1, 0.15) is 28.8 Å². The fourth-order valence-electron chi connectivity index (χ4n) is 3.75. The van der Waals surface area contributed by atoms with Crippen molar-refractivity contribution in [2.75, 3.05) is 43.3 Å². The first kappa shape index (κ1) is 19.6. The summed E-state index contributed by atoms with van der Waals surface area (Å²) in [6.07, 6.45) is 3.31. The van der Waals surface area contributed by atoms with E-state index in [9.17, 15) is 18.0 Å². The summed E-state index contributed by atoms with van der Waals surface area (Å²) >= 11 is 0. The van der Waals surface area contributed by atoms with Gasteiger partial charge in [-0.05, 0) is 43.0 Å². The number of anilines is 1. The SMILES string of the molecule is CS(=O)(=O)N1CCc2cc(C(=O)N3CCCC(C(=O)NCCN)C3)ccc21. The highest BCUT2D eigenvalue weighted by Gasteiger charge is 2.30. The summed E-state index contributed by atoms with van der Waals surface area (Å²) in [5.41, 5.74) is 7.46. The smallest absolute Gasteiger partial charge is 0.253 e. The minimum atomic E-state index is -3.31. The van der Waals surface area contributed by atoms with Crippen molar-refractivity contribution in [3.05, 3.63) is 29.3 Å². The van der Waals surface area contributed by atoms with Crippen LogP contribution < -0.4 is 15.4 Å². The van der Waals surface area contributed by atoms with E-state index in [1.807, 2.05) is 0 Å². The van der Waals surface area contributed by atoms with Gasteiger partial charge in [-0.2, -0.15) is 0 Å². The second-order valence-electron chi connectivity index (χ2n) is 7.10. The molecule has 3 N–H and O–H groups in total. The van der Waals surface area contributed by atoms with Gasteiger partial charge in [0.1, 0.15) is 0 Å². The third-order valence-electron chi connectivity index (χ3n) is 5.10. The molecule has 0 spiro atoms. The Morgan fingerprint density at radius 1 is 1.30 bits per heavy atom. The quantitative estimate of drug-likeness (QED) is 0.726. The average Bonchev–Trinajstić information content (AvgIpc) is 3.09. The Hall–Kier alpha value is -2.13. The number of carbonyl (C=O) groups is 2. The zero-order valence-corrected chi connectivity index (χ0v) is 16.3. The molecule has 0 bridgehead atoms. The molecule has 2 aliphatic rings. The van der Waals surface area contributed by atoms with Gasteiger partial charge in [-0.25, -0.2) is 8.42 Å². The zero-order chi connectivity index (χ0) is 19.6. The predicted molar refractivity (Wildman–Crippen MR) is 103 cm³/mol. The van der Waals surface area contributed by atoms with Gasteiger partial charge in [0.05, 0.1) is 17.9 Å². The third-order valence-corrected chi connectivity index (χ3v) is 6.28. The molecule has 3 rings (SSSR count). The first-order valence-electron chi connectivity index (χ1n) is 9.19. The summed E-state index contributed by atoms with van der Waals surface area (Å²) in [6.45, 7) is 2.23. The second-order valence-corrected chi connectivity index (χ2v) is 9.01. The number of nitrogens with two attached hydrogens (primary N) is 1. The van der Waals surface area contributed by atoms with Gasteiger partial charge in [-0.15, -0.1) is 0 Å². The lowest BCUT2D eigenvalue weighted by Gasteiger charge is -2.32. The van der Waals surface area contributed by atoms with Crippen molar-refractivity contribution in [3.63, 3.8) is 0 Å². The number of carbonyl (C=O) groups excluding carboxylic acids is 2. The molecule has 1 aromatic rings. The molecular formula is C18H26N4O4S. The summed E-state index contributed by atoms with van der Waals surface area (Å²) in [5, 5.41) is 2.79. The van der Waals surface area contributed by atoms with Crippen LogP contribution in [0.2, 0.25) is 0 Å². The number of likely N-dealkylation sites (tertiary alicyclic amines) is 1. The number of benzene rings is 1. The van der Waals surface area contributed by atoms with E-state index in [0.717, 1.165) is 18.4 Å². The lowest BCUT2D eigenvalue weighted by molar-refractivity contribution is -0.126. The Labute approximate surface area is 159 Å². The van der Waals surface area contributed by atoms with Crippen molar-refractivity contribution in [1.82, 2.24) is 10.2 Å². The number of hydrogen-bond acceptors (Lipinski definition) is 5. The van der Waals surface area contributed by atoms with Crippen LogP contribution in [0.4, 0.5) is 5.69 Å². The highest BCUT2D eigenvalue weighted by Crippen LogP contribution is 2.31. The third kappa shape index (κ3) is 4.24. The molecule has 1 atom stereocenters. The van der Waals surface area contributed by atoms with Gasteiger partial charge in [-0.3, -0.25) is 13.9 Å². The normalized spacial score (nSPS) is 19.7. The molecule has 0 aliphatic carbocycles. The molecule has 2 amide bonds. The Morgan fingerprint density at radius 3 is 2.78 bits per heavy atom. The fraction of sp³-hybridized carbons (Fsp3) is 0.556. The number of piperidine rings is 1. The van der Waals surface area contributed by atoms with E-state index in [-0.39, 0.29) is 17.7 Å². The van der Waals surface area contributed by atoms with Gasteiger partial charge in [-0.1, -0.05) is 0 Å². The Balaban J connectivity index is 1.72. The number of nitrogens with one attached hydrogen (secondary N) is 1. The van der Waals surface area contributed by atoms with Crippen LogP contribution in [0.3, 0.4) is 0 Å². The largest absolute Gasteiger partial charge is 0.355 e. The number of rotatable bonds is 5. The number of sulfonamides is 1. The maximum atomic E-state index is 12.9. The molecule has 2 heterocycles. The van der Waals surface area contributed by atoms with Crippen LogP contribution in [0.25, 0.3) is 0 Å². The summed E-state index contributed by atoms with van der Waals surface area (Å²) in [6, 6.07) is 5.15. The van der Waals surface area contributed by atoms with Gasteiger partial charge in [0.2, 0.25) is 15.9 Å². The predicted octanol–water partition coefficient (Wildman–Crippen LogP) is -0.0642. The van der Waals surface area contributed by atoms with E-state index in [1.165, 1.54) is 10.6 Å². The standard InChI is InChI=1S/C18H26N4O4S/c1-27(25,26)22-10-6-13-11-14(4-5-16(13)22)18(24)21-9-2-3-15(12-21)17(23)20-8-7-19/h4-5,11,15H,2-3,6-10,12,19H2,1H3,(H,20,23).